The van der Waals surface area contributed by atoms with E-state index in [2.05, 4.69) is 9.36 Å². The number of imide groups is 1. The third-order valence-electron chi connectivity index (χ3n) is 3.56. The van der Waals surface area contributed by atoms with Crippen molar-refractivity contribution in [3.63, 3.8) is 0 Å². The zero-order valence-electron chi connectivity index (χ0n) is 12.6. The maximum Gasteiger partial charge on any atom is 0.393 e. The van der Waals surface area contributed by atoms with Crippen molar-refractivity contribution in [2.75, 3.05) is 0 Å². The van der Waals surface area contributed by atoms with Crippen LogP contribution in [0.5, 0.6) is 0 Å². The van der Waals surface area contributed by atoms with Crippen molar-refractivity contribution >= 4 is 29.3 Å². The number of hydrogen-bond acceptors (Lipinski definition) is 7. The number of amides is 2. The minimum atomic E-state index is -0.908. The van der Waals surface area contributed by atoms with Gasteiger partial charge in [0.1, 0.15) is 0 Å². The van der Waals surface area contributed by atoms with Gasteiger partial charge in [-0.15, -0.1) is 0 Å². The monoisotopic (exact) mass is 351 g/mol. The van der Waals surface area contributed by atoms with Gasteiger partial charge in [-0.3, -0.25) is 9.59 Å². The lowest BCUT2D eigenvalue weighted by Gasteiger charge is -2.10. The van der Waals surface area contributed by atoms with E-state index in [0.717, 1.165) is 17.1 Å². The first kappa shape index (κ1) is 15.2. The van der Waals surface area contributed by atoms with Crippen LogP contribution in [-0.4, -0.2) is 32.2 Å². The van der Waals surface area contributed by atoms with Crippen LogP contribution in [0.25, 0.3) is 11.4 Å². The van der Waals surface area contributed by atoms with E-state index in [1.54, 1.807) is 24.3 Å². The molecule has 1 aromatic heterocycles. The second-order valence-electron chi connectivity index (χ2n) is 5.12. The van der Waals surface area contributed by atoms with E-state index in [-0.39, 0.29) is 16.1 Å². The number of carbonyl (C=O) groups is 3. The molecule has 0 radical (unpaired) electrons. The molecule has 4 rings (SSSR count). The molecule has 0 fully saturated rings. The maximum absolute atomic E-state index is 12.2. The molecule has 2 amide bonds. The highest BCUT2D eigenvalue weighted by Gasteiger charge is 2.39. The summed E-state index contributed by atoms with van der Waals surface area (Å²) in [4.78, 5) is 45.7. The van der Waals surface area contributed by atoms with Crippen LogP contribution in [-0.2, 0) is 4.84 Å². The van der Waals surface area contributed by atoms with Gasteiger partial charge in [0.05, 0.1) is 11.1 Å². The third-order valence-corrected chi connectivity index (χ3v) is 4.26. The average Bonchev–Trinajstić information content (AvgIpc) is 3.23. The summed E-state index contributed by atoms with van der Waals surface area (Å²) in [5, 5.41) is 0.409. The summed E-state index contributed by atoms with van der Waals surface area (Å²) >= 11 is 0.837. The minimum absolute atomic E-state index is 0.0459. The van der Waals surface area contributed by atoms with Gasteiger partial charge in [0, 0.05) is 5.56 Å². The topological polar surface area (TPSA) is 89.5 Å². The first-order chi connectivity index (χ1) is 12.1. The van der Waals surface area contributed by atoms with E-state index in [1.165, 1.54) is 12.1 Å². The van der Waals surface area contributed by atoms with Crippen LogP contribution in [0.2, 0.25) is 0 Å². The fourth-order valence-electron chi connectivity index (χ4n) is 2.38. The van der Waals surface area contributed by atoms with E-state index in [9.17, 15) is 14.4 Å². The molecule has 2 aromatic carbocycles. The lowest BCUT2D eigenvalue weighted by molar-refractivity contribution is -0.0584. The number of aromatic nitrogens is 2. The zero-order chi connectivity index (χ0) is 17.4. The van der Waals surface area contributed by atoms with Gasteiger partial charge in [-0.2, -0.15) is 4.37 Å². The Hall–Kier alpha value is -3.39. The fraction of sp³-hybridized carbons (Fsp3) is 0. The first-order valence-corrected chi connectivity index (χ1v) is 8.02. The van der Waals surface area contributed by atoms with Crippen LogP contribution in [0.4, 0.5) is 0 Å². The number of rotatable bonds is 3. The Morgan fingerprint density at radius 3 is 2.16 bits per heavy atom. The quantitative estimate of drug-likeness (QED) is 0.674. The molecule has 0 bridgehead atoms. The highest BCUT2D eigenvalue weighted by atomic mass is 32.1. The zero-order valence-corrected chi connectivity index (χ0v) is 13.4. The molecule has 3 aromatic rings. The summed E-state index contributed by atoms with van der Waals surface area (Å²) in [7, 11) is 0. The number of hydrogen-bond donors (Lipinski definition) is 0. The summed E-state index contributed by atoms with van der Waals surface area (Å²) < 4.78 is 4.10. The van der Waals surface area contributed by atoms with E-state index in [1.807, 2.05) is 18.2 Å². The van der Waals surface area contributed by atoms with E-state index in [0.29, 0.717) is 10.9 Å². The number of carbonyl (C=O) groups excluding carboxylic acids is 3. The summed E-state index contributed by atoms with van der Waals surface area (Å²) in [5.74, 6) is -1.89. The molecule has 122 valence electrons. The van der Waals surface area contributed by atoms with Gasteiger partial charge in [0.2, 0.25) is 5.01 Å². The lowest BCUT2D eigenvalue weighted by atomic mass is 10.1. The van der Waals surface area contributed by atoms with Gasteiger partial charge in [-0.05, 0) is 23.7 Å². The molecule has 0 spiro atoms. The van der Waals surface area contributed by atoms with Crippen molar-refractivity contribution in [1.82, 2.24) is 14.4 Å². The second-order valence-corrected chi connectivity index (χ2v) is 5.87. The summed E-state index contributed by atoms with van der Waals surface area (Å²) in [6, 6.07) is 15.4. The summed E-state index contributed by atoms with van der Waals surface area (Å²) in [6.45, 7) is 0. The second kappa shape index (κ2) is 5.91. The smallest absolute Gasteiger partial charge is 0.321 e. The van der Waals surface area contributed by atoms with Crippen molar-refractivity contribution < 1.29 is 19.2 Å². The Labute approximate surface area is 145 Å². The summed E-state index contributed by atoms with van der Waals surface area (Å²) in [5.41, 5.74) is 1.14. The van der Waals surface area contributed by atoms with Gasteiger partial charge >= 0.3 is 5.97 Å². The number of nitrogens with zero attached hydrogens (tertiary/aromatic N) is 3. The Morgan fingerprint density at radius 1 is 0.920 bits per heavy atom. The molecular weight excluding hydrogens is 342 g/mol. The minimum Gasteiger partial charge on any atom is -0.321 e. The predicted molar refractivity (Wildman–Crippen MR) is 87.7 cm³/mol. The molecule has 0 saturated heterocycles. The van der Waals surface area contributed by atoms with Crippen LogP contribution in [0, 0.1) is 0 Å². The van der Waals surface area contributed by atoms with Crippen molar-refractivity contribution in [3.8, 4) is 11.4 Å². The van der Waals surface area contributed by atoms with Crippen molar-refractivity contribution in [2.45, 2.75) is 0 Å². The molecule has 0 N–H and O–H groups in total. The highest BCUT2D eigenvalue weighted by Crippen LogP contribution is 2.24. The fourth-order valence-corrected chi connectivity index (χ4v) is 2.94. The number of hydroxylamine groups is 2. The van der Waals surface area contributed by atoms with E-state index < -0.39 is 17.8 Å². The van der Waals surface area contributed by atoms with Crippen LogP contribution in [0.3, 0.4) is 0 Å². The summed E-state index contributed by atoms with van der Waals surface area (Å²) in [6.07, 6.45) is 0. The van der Waals surface area contributed by atoms with Gasteiger partial charge < -0.3 is 4.84 Å². The molecule has 25 heavy (non-hydrogen) atoms. The van der Waals surface area contributed by atoms with Gasteiger partial charge in [0.15, 0.2) is 5.82 Å². The van der Waals surface area contributed by atoms with E-state index in [4.69, 9.17) is 4.84 Å². The SMILES string of the molecule is O=C(ON1C(=O)c2ccccc2C1=O)c1nc(-c2ccccc2)ns1. The molecular formula is C17H9N3O4S. The largest absolute Gasteiger partial charge is 0.393 e. The Balaban J connectivity index is 1.55. The molecule has 2 heterocycles. The van der Waals surface area contributed by atoms with Crippen LogP contribution < -0.4 is 0 Å². The van der Waals surface area contributed by atoms with Crippen molar-refractivity contribution in [2.24, 2.45) is 0 Å². The van der Waals surface area contributed by atoms with Gasteiger partial charge in [0.25, 0.3) is 11.8 Å². The molecule has 1 aliphatic heterocycles. The average molecular weight is 351 g/mol. The molecule has 8 heteroatoms. The normalized spacial score (nSPS) is 13.0. The Kier molecular flexibility index (Phi) is 3.58. The molecule has 0 unspecified atom stereocenters. The van der Waals surface area contributed by atoms with Crippen molar-refractivity contribution in [1.29, 1.82) is 0 Å². The van der Waals surface area contributed by atoms with Gasteiger partial charge in [-0.1, -0.05) is 47.5 Å². The van der Waals surface area contributed by atoms with Crippen molar-refractivity contribution in [3.05, 3.63) is 70.7 Å². The van der Waals surface area contributed by atoms with Crippen LogP contribution in [0.1, 0.15) is 30.5 Å². The molecule has 0 atom stereocenters. The van der Waals surface area contributed by atoms with Gasteiger partial charge in [-0.25, -0.2) is 9.78 Å². The predicted octanol–water partition coefficient (Wildman–Crippen LogP) is 2.57. The van der Waals surface area contributed by atoms with E-state index >= 15 is 0 Å². The molecule has 0 saturated carbocycles. The highest BCUT2D eigenvalue weighted by molar-refractivity contribution is 7.07. The van der Waals surface area contributed by atoms with Crippen LogP contribution in [0.15, 0.2) is 54.6 Å². The molecule has 0 aliphatic carbocycles. The van der Waals surface area contributed by atoms with Crippen LogP contribution >= 0.6 is 11.5 Å². The Bertz CT molecular complexity index is 965. The standard InChI is InChI=1S/C17H9N3O4S/c21-15-11-8-4-5-9-12(11)16(22)20(15)24-17(23)14-18-13(19-25-14)10-6-2-1-3-7-10/h1-9H. The Morgan fingerprint density at radius 2 is 1.52 bits per heavy atom. The molecule has 1 aliphatic rings. The third kappa shape index (κ3) is 2.58. The number of fused-ring (bicyclic) bond motifs is 1. The first-order valence-electron chi connectivity index (χ1n) is 7.24. The molecule has 7 nitrogen and oxygen atoms in total. The maximum atomic E-state index is 12.2. The number of benzene rings is 2. The lowest BCUT2D eigenvalue weighted by Crippen LogP contribution is -2.32.